The van der Waals surface area contributed by atoms with Gasteiger partial charge in [0.05, 0.1) is 10.6 Å². The van der Waals surface area contributed by atoms with E-state index < -0.39 is 0 Å². The van der Waals surface area contributed by atoms with E-state index in [4.69, 9.17) is 11.6 Å². The third kappa shape index (κ3) is 5.64. The van der Waals surface area contributed by atoms with Crippen molar-refractivity contribution < 1.29 is 14.4 Å². The molecular weight excluding hydrogens is 414 g/mol. The molecule has 2 aromatic carbocycles. The normalized spacial score (nSPS) is 16.4. The first-order chi connectivity index (χ1) is 15.0. The second kappa shape index (κ2) is 9.52. The first kappa shape index (κ1) is 21.4. The maximum atomic E-state index is 12.7. The minimum absolute atomic E-state index is 0.0254. The number of carbonyl (C=O) groups is 3. The molecule has 2 aromatic rings. The average Bonchev–Trinajstić information content (AvgIpc) is 3.62. The molecule has 7 heteroatoms. The number of benzene rings is 2. The van der Waals surface area contributed by atoms with E-state index in [2.05, 4.69) is 16.0 Å². The molecule has 2 aliphatic rings. The van der Waals surface area contributed by atoms with Crippen molar-refractivity contribution in [1.82, 2.24) is 5.32 Å². The quantitative estimate of drug-likeness (QED) is 0.591. The smallest absolute Gasteiger partial charge is 0.255 e. The molecule has 2 aliphatic carbocycles. The Kier molecular flexibility index (Phi) is 6.56. The number of nitrogens with one attached hydrogen (secondary N) is 3. The van der Waals surface area contributed by atoms with Crippen molar-refractivity contribution in [3.05, 3.63) is 58.6 Å². The Morgan fingerprint density at radius 2 is 1.45 bits per heavy atom. The Hall–Kier alpha value is -2.86. The SMILES string of the molecule is O=C(Nc1ccc(Cl)c(C(=O)NC2CCCCC2)c1)c1ccc(NC(=O)C2CC2)cc1. The lowest BCUT2D eigenvalue weighted by atomic mass is 9.95. The molecule has 162 valence electrons. The maximum absolute atomic E-state index is 12.7. The van der Waals surface area contributed by atoms with Crippen LogP contribution in [-0.2, 0) is 4.79 Å². The second-order valence-corrected chi connectivity index (χ2v) is 8.71. The highest BCUT2D eigenvalue weighted by Crippen LogP contribution is 2.30. The minimum atomic E-state index is -0.305. The summed E-state index contributed by atoms with van der Waals surface area (Å²) in [6.07, 6.45) is 7.30. The van der Waals surface area contributed by atoms with Crippen molar-refractivity contribution in [3.63, 3.8) is 0 Å². The van der Waals surface area contributed by atoms with Gasteiger partial charge in [-0.2, -0.15) is 0 Å². The molecule has 2 fully saturated rings. The van der Waals surface area contributed by atoms with Crippen LogP contribution in [-0.4, -0.2) is 23.8 Å². The molecule has 0 aliphatic heterocycles. The van der Waals surface area contributed by atoms with Crippen LogP contribution < -0.4 is 16.0 Å². The highest BCUT2D eigenvalue weighted by molar-refractivity contribution is 6.34. The Bertz CT molecular complexity index is 980. The molecule has 0 unspecified atom stereocenters. The van der Waals surface area contributed by atoms with E-state index in [1.54, 1.807) is 42.5 Å². The Morgan fingerprint density at radius 3 is 2.13 bits per heavy atom. The first-order valence-corrected chi connectivity index (χ1v) is 11.2. The van der Waals surface area contributed by atoms with Gasteiger partial charge < -0.3 is 16.0 Å². The molecule has 4 rings (SSSR count). The summed E-state index contributed by atoms with van der Waals surface area (Å²) >= 11 is 6.24. The Morgan fingerprint density at radius 1 is 0.774 bits per heavy atom. The van der Waals surface area contributed by atoms with Crippen molar-refractivity contribution in [1.29, 1.82) is 0 Å². The van der Waals surface area contributed by atoms with Gasteiger partial charge in [0.1, 0.15) is 0 Å². The predicted octanol–water partition coefficient (Wildman–Crippen LogP) is 5.00. The molecule has 0 radical (unpaired) electrons. The summed E-state index contributed by atoms with van der Waals surface area (Å²) in [5.74, 6) is -0.375. The minimum Gasteiger partial charge on any atom is -0.349 e. The molecule has 3 amide bonds. The number of carbonyl (C=O) groups excluding carboxylic acids is 3. The molecule has 0 spiro atoms. The zero-order chi connectivity index (χ0) is 21.8. The van der Waals surface area contributed by atoms with Gasteiger partial charge in [0, 0.05) is 28.9 Å². The van der Waals surface area contributed by atoms with Crippen LogP contribution in [0.5, 0.6) is 0 Å². The largest absolute Gasteiger partial charge is 0.349 e. The van der Waals surface area contributed by atoms with Gasteiger partial charge in [0.25, 0.3) is 11.8 Å². The summed E-state index contributed by atoms with van der Waals surface area (Å²) in [4.78, 5) is 37.1. The summed E-state index contributed by atoms with van der Waals surface area (Å²) < 4.78 is 0. The summed E-state index contributed by atoms with van der Waals surface area (Å²) in [6, 6.07) is 11.8. The first-order valence-electron chi connectivity index (χ1n) is 10.8. The van der Waals surface area contributed by atoms with Crippen LogP contribution in [0.3, 0.4) is 0 Å². The van der Waals surface area contributed by atoms with Crippen molar-refractivity contribution >= 4 is 40.7 Å². The number of hydrogen-bond donors (Lipinski definition) is 3. The Balaban J connectivity index is 1.39. The second-order valence-electron chi connectivity index (χ2n) is 8.30. The van der Waals surface area contributed by atoms with E-state index in [1.807, 2.05) is 0 Å². The number of anilines is 2. The van der Waals surface area contributed by atoms with E-state index in [9.17, 15) is 14.4 Å². The lowest BCUT2D eigenvalue weighted by Crippen LogP contribution is -2.36. The average molecular weight is 440 g/mol. The van der Waals surface area contributed by atoms with Gasteiger partial charge in [0.15, 0.2) is 0 Å². The maximum Gasteiger partial charge on any atom is 0.255 e. The van der Waals surface area contributed by atoms with Crippen LogP contribution in [0.2, 0.25) is 5.02 Å². The van der Waals surface area contributed by atoms with Crippen LogP contribution in [0.1, 0.15) is 65.7 Å². The zero-order valence-electron chi connectivity index (χ0n) is 17.2. The van der Waals surface area contributed by atoms with Crippen LogP contribution in [0.4, 0.5) is 11.4 Å². The van der Waals surface area contributed by atoms with Crippen molar-refractivity contribution in [2.24, 2.45) is 5.92 Å². The fourth-order valence-corrected chi connectivity index (χ4v) is 3.99. The number of hydrogen-bond acceptors (Lipinski definition) is 3. The van der Waals surface area contributed by atoms with Gasteiger partial charge in [-0.05, 0) is 68.1 Å². The Labute approximate surface area is 186 Å². The molecule has 3 N–H and O–H groups in total. The van der Waals surface area contributed by atoms with Gasteiger partial charge in [-0.3, -0.25) is 14.4 Å². The lowest BCUT2D eigenvalue weighted by Gasteiger charge is -2.23. The van der Waals surface area contributed by atoms with Gasteiger partial charge in [-0.1, -0.05) is 30.9 Å². The van der Waals surface area contributed by atoms with Crippen molar-refractivity contribution in [2.45, 2.75) is 51.0 Å². The molecule has 6 nitrogen and oxygen atoms in total. The standard InChI is InChI=1S/C24H26ClN3O3/c25-21-13-12-19(14-20(21)24(31)27-17-4-2-1-3-5-17)28-23(30)16-8-10-18(11-9-16)26-22(29)15-6-7-15/h8-15,17H,1-7H2,(H,26,29)(H,27,31)(H,28,30). The zero-order valence-corrected chi connectivity index (χ0v) is 18.0. The van der Waals surface area contributed by atoms with E-state index >= 15 is 0 Å². The molecule has 0 bridgehead atoms. The molecule has 0 aromatic heterocycles. The summed E-state index contributed by atoms with van der Waals surface area (Å²) in [5.41, 5.74) is 1.96. The van der Waals surface area contributed by atoms with Gasteiger partial charge in [0.2, 0.25) is 5.91 Å². The number of halogens is 1. The van der Waals surface area contributed by atoms with Crippen molar-refractivity contribution in [3.8, 4) is 0 Å². The molecule has 2 saturated carbocycles. The molecule has 0 saturated heterocycles. The van der Waals surface area contributed by atoms with Crippen LogP contribution in [0.15, 0.2) is 42.5 Å². The lowest BCUT2D eigenvalue weighted by molar-refractivity contribution is -0.117. The third-order valence-electron chi connectivity index (χ3n) is 5.77. The molecule has 0 atom stereocenters. The monoisotopic (exact) mass is 439 g/mol. The molecule has 0 heterocycles. The van der Waals surface area contributed by atoms with E-state index in [-0.39, 0.29) is 29.7 Å². The summed E-state index contributed by atoms with van der Waals surface area (Å²) in [5, 5.41) is 9.06. The van der Waals surface area contributed by atoms with Crippen LogP contribution in [0.25, 0.3) is 0 Å². The highest BCUT2D eigenvalue weighted by Gasteiger charge is 2.29. The van der Waals surface area contributed by atoms with E-state index in [0.717, 1.165) is 38.5 Å². The van der Waals surface area contributed by atoms with Crippen LogP contribution >= 0.6 is 11.6 Å². The van der Waals surface area contributed by atoms with Gasteiger partial charge in [-0.15, -0.1) is 0 Å². The summed E-state index contributed by atoms with van der Waals surface area (Å²) in [7, 11) is 0. The fourth-order valence-electron chi connectivity index (χ4n) is 3.79. The van der Waals surface area contributed by atoms with Crippen molar-refractivity contribution in [2.75, 3.05) is 10.6 Å². The molecule has 31 heavy (non-hydrogen) atoms. The topological polar surface area (TPSA) is 87.3 Å². The van der Waals surface area contributed by atoms with Crippen LogP contribution in [0, 0.1) is 5.92 Å². The van der Waals surface area contributed by atoms with E-state index in [0.29, 0.717) is 27.5 Å². The predicted molar refractivity (Wildman–Crippen MR) is 122 cm³/mol. The van der Waals surface area contributed by atoms with Gasteiger partial charge in [-0.25, -0.2) is 0 Å². The molecular formula is C24H26ClN3O3. The van der Waals surface area contributed by atoms with E-state index in [1.165, 1.54) is 6.42 Å². The third-order valence-corrected chi connectivity index (χ3v) is 6.10. The van der Waals surface area contributed by atoms with Gasteiger partial charge >= 0.3 is 0 Å². The number of rotatable bonds is 6. The fraction of sp³-hybridized carbons (Fsp3) is 0.375. The number of amides is 3. The summed E-state index contributed by atoms with van der Waals surface area (Å²) in [6.45, 7) is 0. The highest BCUT2D eigenvalue weighted by atomic mass is 35.5.